The number of hydrogen-bond acceptors (Lipinski definition) is 9. The lowest BCUT2D eigenvalue weighted by atomic mass is 9.97. The molecular weight excluding hydrogens is 474 g/mol. The summed E-state index contributed by atoms with van der Waals surface area (Å²) in [4.78, 5) is 19.7. The summed E-state index contributed by atoms with van der Waals surface area (Å²) in [6, 6.07) is 13.5. The molecule has 1 heterocycles. The number of nitrogens with zero attached hydrogens (tertiary/aromatic N) is 2. The molecule has 2 aromatic rings. The predicted molar refractivity (Wildman–Crippen MR) is 128 cm³/mol. The second-order valence-corrected chi connectivity index (χ2v) is 10.1. The van der Waals surface area contributed by atoms with E-state index in [-0.39, 0.29) is 9.47 Å². The molecule has 0 unspecified atom stereocenters. The summed E-state index contributed by atoms with van der Waals surface area (Å²) in [6.07, 6.45) is 2.89. The molecule has 0 aliphatic carbocycles. The van der Waals surface area contributed by atoms with Gasteiger partial charge in [0.2, 0.25) is 0 Å². The molecule has 2 aromatic carbocycles. The highest BCUT2D eigenvalue weighted by Crippen LogP contribution is 2.24. The van der Waals surface area contributed by atoms with Crippen molar-refractivity contribution in [3.8, 4) is 11.5 Å². The van der Waals surface area contributed by atoms with E-state index in [0.717, 1.165) is 30.7 Å². The third-order valence-electron chi connectivity index (χ3n) is 5.85. The van der Waals surface area contributed by atoms with Gasteiger partial charge in [0, 0.05) is 6.54 Å². The number of piperidine rings is 1. The predicted octanol–water partition coefficient (Wildman–Crippen LogP) is 3.13. The summed E-state index contributed by atoms with van der Waals surface area (Å²) in [5.74, 6) is 0.115. The minimum Gasteiger partial charge on any atom is -0.497 e. The Morgan fingerprint density at radius 3 is 2.29 bits per heavy atom. The van der Waals surface area contributed by atoms with Crippen molar-refractivity contribution >= 4 is 16.0 Å². The molecule has 0 spiro atoms. The number of nitrogens with one attached hydrogen (secondary N) is 1. The topological polar surface area (TPSA) is 118 Å². The van der Waals surface area contributed by atoms with Gasteiger partial charge in [-0.25, -0.2) is 13.2 Å². The van der Waals surface area contributed by atoms with E-state index >= 15 is 0 Å². The second-order valence-electron chi connectivity index (χ2n) is 8.31. The summed E-state index contributed by atoms with van der Waals surface area (Å²) in [5, 5.41) is 9.39. The molecule has 11 heteroatoms. The van der Waals surface area contributed by atoms with Crippen LogP contribution in [0.25, 0.3) is 0 Å². The fourth-order valence-electron chi connectivity index (χ4n) is 3.73. The molecule has 0 aromatic heterocycles. The van der Waals surface area contributed by atoms with Gasteiger partial charge >= 0.3 is 5.97 Å². The molecular formula is C24H33N3O7S. The van der Waals surface area contributed by atoms with Crippen LogP contribution in [0.15, 0.2) is 53.4 Å². The number of carbonyl (C=O) groups is 1. The van der Waals surface area contributed by atoms with Crippen molar-refractivity contribution in [2.45, 2.75) is 44.0 Å². The standard InChI is InChI=1S/C24H33N3O7S/c1-3-4-17-33-22-9-11-23(12-10-22)35(30,31)27(25-29)34-24(28)20-13-15-26(16-14-20)18-19-5-7-21(32-2)8-6-19/h5-12,20,25,29H,3-4,13-18H2,1-2H3. The van der Waals surface area contributed by atoms with Crippen LogP contribution in [0.2, 0.25) is 0 Å². The number of rotatable bonds is 12. The summed E-state index contributed by atoms with van der Waals surface area (Å²) >= 11 is 0. The van der Waals surface area contributed by atoms with Gasteiger partial charge in [-0.15, -0.1) is 0 Å². The number of unbranched alkanes of at least 4 members (excludes halogenated alkanes) is 1. The Morgan fingerprint density at radius 2 is 1.71 bits per heavy atom. The lowest BCUT2D eigenvalue weighted by Gasteiger charge is -2.31. The first kappa shape index (κ1) is 26.9. The van der Waals surface area contributed by atoms with Crippen LogP contribution >= 0.6 is 0 Å². The molecule has 2 N–H and O–H groups in total. The Morgan fingerprint density at radius 1 is 1.09 bits per heavy atom. The molecule has 1 aliphatic heterocycles. The third kappa shape index (κ3) is 7.39. The van der Waals surface area contributed by atoms with Gasteiger partial charge in [0.15, 0.2) is 0 Å². The van der Waals surface area contributed by atoms with Crippen LogP contribution in [0.4, 0.5) is 0 Å². The van der Waals surface area contributed by atoms with Gasteiger partial charge in [-0.3, -0.25) is 10.1 Å². The quantitative estimate of drug-likeness (QED) is 0.330. The first-order valence-electron chi connectivity index (χ1n) is 11.6. The number of likely N-dealkylation sites (tertiary alicyclic amines) is 1. The molecule has 1 fully saturated rings. The summed E-state index contributed by atoms with van der Waals surface area (Å²) in [6.45, 7) is 4.63. The molecule has 0 atom stereocenters. The van der Waals surface area contributed by atoms with Gasteiger partial charge in [-0.2, -0.15) is 0 Å². The summed E-state index contributed by atoms with van der Waals surface area (Å²) in [5.41, 5.74) is 2.60. The summed E-state index contributed by atoms with van der Waals surface area (Å²) in [7, 11) is -2.71. The van der Waals surface area contributed by atoms with Crippen molar-refractivity contribution in [2.24, 2.45) is 5.92 Å². The molecule has 1 aliphatic rings. The highest BCUT2D eigenvalue weighted by atomic mass is 32.2. The normalized spacial score (nSPS) is 15.2. The second kappa shape index (κ2) is 12.8. The SMILES string of the molecule is CCCCOc1ccc(S(=O)(=O)N(NO)OC(=O)C2CCN(Cc3ccc(OC)cc3)CC2)cc1. The van der Waals surface area contributed by atoms with Gasteiger partial charge in [0.25, 0.3) is 10.0 Å². The van der Waals surface area contributed by atoms with E-state index in [1.165, 1.54) is 29.9 Å². The van der Waals surface area contributed by atoms with E-state index in [1.54, 1.807) is 7.11 Å². The number of benzene rings is 2. The van der Waals surface area contributed by atoms with Crippen LogP contribution < -0.4 is 15.1 Å². The lowest BCUT2D eigenvalue weighted by Crippen LogP contribution is -2.45. The van der Waals surface area contributed by atoms with Crippen LogP contribution in [0.3, 0.4) is 0 Å². The summed E-state index contributed by atoms with van der Waals surface area (Å²) < 4.78 is 36.4. The molecule has 3 rings (SSSR count). The van der Waals surface area contributed by atoms with Crippen LogP contribution in [-0.4, -0.2) is 55.9 Å². The third-order valence-corrected chi connectivity index (χ3v) is 7.31. The Bertz CT molecular complexity index is 1040. The average molecular weight is 508 g/mol. The number of methoxy groups -OCH3 is 1. The van der Waals surface area contributed by atoms with Crippen molar-refractivity contribution in [2.75, 3.05) is 26.8 Å². The van der Waals surface area contributed by atoms with E-state index in [0.29, 0.717) is 38.3 Å². The fraction of sp³-hybridized carbons (Fsp3) is 0.458. The van der Waals surface area contributed by atoms with Crippen molar-refractivity contribution in [1.82, 2.24) is 15.1 Å². The van der Waals surface area contributed by atoms with Gasteiger partial charge < -0.3 is 14.3 Å². The maximum atomic E-state index is 12.8. The average Bonchev–Trinajstić information content (AvgIpc) is 2.88. The van der Waals surface area contributed by atoms with E-state index in [1.807, 2.05) is 31.2 Å². The largest absolute Gasteiger partial charge is 0.497 e. The first-order valence-corrected chi connectivity index (χ1v) is 13.1. The van der Waals surface area contributed by atoms with E-state index in [9.17, 15) is 18.4 Å². The van der Waals surface area contributed by atoms with Crippen molar-refractivity contribution in [1.29, 1.82) is 0 Å². The van der Waals surface area contributed by atoms with Gasteiger partial charge in [-0.05, 0) is 74.3 Å². The molecule has 0 bridgehead atoms. The highest BCUT2D eigenvalue weighted by Gasteiger charge is 2.33. The molecule has 1 saturated heterocycles. The van der Waals surface area contributed by atoms with Gasteiger partial charge in [-0.1, -0.05) is 31.1 Å². The minimum absolute atomic E-state index is 0.0893. The maximum absolute atomic E-state index is 12.8. The number of hydrazine groups is 1. The Kier molecular flexibility index (Phi) is 9.87. The zero-order valence-electron chi connectivity index (χ0n) is 20.1. The molecule has 10 nitrogen and oxygen atoms in total. The molecule has 0 amide bonds. The number of sulfonamides is 1. The highest BCUT2D eigenvalue weighted by molar-refractivity contribution is 7.89. The smallest absolute Gasteiger partial charge is 0.331 e. The van der Waals surface area contributed by atoms with E-state index in [2.05, 4.69) is 4.90 Å². The van der Waals surface area contributed by atoms with Crippen LogP contribution in [0.5, 0.6) is 11.5 Å². The van der Waals surface area contributed by atoms with Crippen molar-refractivity contribution in [3.05, 3.63) is 54.1 Å². The number of carbonyl (C=O) groups excluding carboxylic acids is 1. The zero-order chi connectivity index (χ0) is 25.3. The monoisotopic (exact) mass is 507 g/mol. The molecule has 0 radical (unpaired) electrons. The van der Waals surface area contributed by atoms with Crippen LogP contribution in [0, 0.1) is 5.92 Å². The molecule has 192 valence electrons. The number of ether oxygens (including phenoxy) is 2. The van der Waals surface area contributed by atoms with E-state index < -0.39 is 21.9 Å². The molecule has 0 saturated carbocycles. The minimum atomic E-state index is -4.33. The fourth-order valence-corrected chi connectivity index (χ4v) is 4.68. The van der Waals surface area contributed by atoms with E-state index in [4.69, 9.17) is 14.3 Å². The van der Waals surface area contributed by atoms with Gasteiger partial charge in [0.1, 0.15) is 11.5 Å². The Balaban J connectivity index is 1.53. The van der Waals surface area contributed by atoms with Crippen LogP contribution in [-0.2, 0) is 26.2 Å². The zero-order valence-corrected chi connectivity index (χ0v) is 20.9. The maximum Gasteiger partial charge on any atom is 0.331 e. The Hall–Kier alpha value is -2.70. The Labute approximate surface area is 206 Å². The van der Waals surface area contributed by atoms with Gasteiger partial charge in [0.05, 0.1) is 29.1 Å². The van der Waals surface area contributed by atoms with Crippen molar-refractivity contribution in [3.63, 3.8) is 0 Å². The first-order chi connectivity index (χ1) is 16.9. The van der Waals surface area contributed by atoms with Crippen LogP contribution in [0.1, 0.15) is 38.2 Å². The van der Waals surface area contributed by atoms with Crippen molar-refractivity contribution < 1.29 is 32.7 Å². The number of hydrogen-bond donors (Lipinski definition) is 2. The molecule has 35 heavy (non-hydrogen) atoms. The lowest BCUT2D eigenvalue weighted by molar-refractivity contribution is -0.209.